The van der Waals surface area contributed by atoms with E-state index in [0.29, 0.717) is 6.42 Å². The number of rotatable bonds is 5. The van der Waals surface area contributed by atoms with Crippen LogP contribution in [0.25, 0.3) is 0 Å². The summed E-state index contributed by atoms with van der Waals surface area (Å²) in [4.78, 5) is 14.7. The zero-order valence-electron chi connectivity index (χ0n) is 13.6. The maximum atomic E-state index is 12.8. The zero-order chi connectivity index (χ0) is 16.2. The third kappa shape index (κ3) is 3.23. The fraction of sp³-hybridized carbons (Fsp3) is 0.444. The first-order valence-corrected chi connectivity index (χ1v) is 8.09. The number of carbonyl (C=O) groups is 1. The van der Waals surface area contributed by atoms with E-state index in [9.17, 15) is 4.79 Å². The van der Waals surface area contributed by atoms with Crippen molar-refractivity contribution in [2.45, 2.75) is 38.6 Å². The van der Waals surface area contributed by atoms with Gasteiger partial charge in [0.15, 0.2) is 5.76 Å². The van der Waals surface area contributed by atoms with E-state index in [-0.39, 0.29) is 11.9 Å². The van der Waals surface area contributed by atoms with E-state index in [1.807, 2.05) is 42.2 Å². The van der Waals surface area contributed by atoms with Gasteiger partial charge >= 0.3 is 0 Å². The van der Waals surface area contributed by atoms with Crippen LogP contribution in [0.2, 0.25) is 0 Å². The summed E-state index contributed by atoms with van der Waals surface area (Å²) in [7, 11) is 1.63. The predicted octanol–water partition coefficient (Wildman–Crippen LogP) is 3.15. The Morgan fingerprint density at radius 1 is 1.43 bits per heavy atom. The van der Waals surface area contributed by atoms with Gasteiger partial charge in [-0.15, -0.1) is 0 Å². The third-order valence-electron chi connectivity index (χ3n) is 4.38. The van der Waals surface area contributed by atoms with Crippen LogP contribution in [-0.4, -0.2) is 29.6 Å². The van der Waals surface area contributed by atoms with Gasteiger partial charge in [-0.2, -0.15) is 0 Å². The Morgan fingerprint density at radius 2 is 2.26 bits per heavy atom. The lowest BCUT2D eigenvalue weighted by atomic mass is 10.1. The Morgan fingerprint density at radius 3 is 3.00 bits per heavy atom. The lowest BCUT2D eigenvalue weighted by molar-refractivity contribution is -0.131. The molecule has 1 atom stereocenters. The summed E-state index contributed by atoms with van der Waals surface area (Å²) in [6.45, 7) is 2.81. The van der Waals surface area contributed by atoms with Gasteiger partial charge < -0.3 is 14.2 Å². The van der Waals surface area contributed by atoms with Gasteiger partial charge in [0.2, 0.25) is 5.91 Å². The van der Waals surface area contributed by atoms with E-state index in [4.69, 9.17) is 9.26 Å². The Kier molecular flexibility index (Phi) is 4.65. The van der Waals surface area contributed by atoms with Crippen molar-refractivity contribution in [1.29, 1.82) is 0 Å². The molecule has 122 valence electrons. The van der Waals surface area contributed by atoms with Gasteiger partial charge in [-0.05, 0) is 25.3 Å². The highest BCUT2D eigenvalue weighted by Gasteiger charge is 2.32. The van der Waals surface area contributed by atoms with E-state index in [1.165, 1.54) is 0 Å². The van der Waals surface area contributed by atoms with Crippen LogP contribution in [-0.2, 0) is 17.6 Å². The lowest BCUT2D eigenvalue weighted by Gasteiger charge is -2.23. The number of ether oxygens (including phenoxy) is 1. The molecule has 5 nitrogen and oxygen atoms in total. The van der Waals surface area contributed by atoms with E-state index < -0.39 is 0 Å². The summed E-state index contributed by atoms with van der Waals surface area (Å²) in [6, 6.07) is 9.63. The first kappa shape index (κ1) is 15.6. The molecule has 23 heavy (non-hydrogen) atoms. The van der Waals surface area contributed by atoms with Gasteiger partial charge in [0.25, 0.3) is 0 Å². The number of hydrogen-bond acceptors (Lipinski definition) is 4. The normalized spacial score (nSPS) is 17.5. The van der Waals surface area contributed by atoms with Gasteiger partial charge in [0.05, 0.1) is 25.3 Å². The minimum Gasteiger partial charge on any atom is -0.496 e. The number of aromatic nitrogens is 1. The van der Waals surface area contributed by atoms with Crippen molar-refractivity contribution in [2.24, 2.45) is 0 Å². The number of hydrogen-bond donors (Lipinski definition) is 0. The highest BCUT2D eigenvalue weighted by molar-refractivity contribution is 5.80. The molecule has 5 heteroatoms. The van der Waals surface area contributed by atoms with Crippen molar-refractivity contribution in [3.05, 3.63) is 47.3 Å². The summed E-state index contributed by atoms with van der Waals surface area (Å²) in [5, 5.41) is 4.05. The van der Waals surface area contributed by atoms with Crippen LogP contribution in [0.5, 0.6) is 5.75 Å². The first-order chi connectivity index (χ1) is 11.2. The number of carbonyl (C=O) groups excluding carboxylic acids is 1. The van der Waals surface area contributed by atoms with Crippen LogP contribution < -0.4 is 4.74 Å². The highest BCUT2D eigenvalue weighted by Crippen LogP contribution is 2.33. The number of amides is 1. The smallest absolute Gasteiger partial charge is 0.227 e. The number of para-hydroxylation sites is 1. The summed E-state index contributed by atoms with van der Waals surface area (Å²) in [6.07, 6.45) is 3.10. The molecule has 0 N–H and O–H groups in total. The van der Waals surface area contributed by atoms with Crippen molar-refractivity contribution in [2.75, 3.05) is 13.7 Å². The topological polar surface area (TPSA) is 55.6 Å². The molecule has 1 fully saturated rings. The molecule has 2 aromatic rings. The molecule has 1 aromatic heterocycles. The number of nitrogens with zero attached hydrogens (tertiary/aromatic N) is 2. The molecular formula is C18H22N2O3. The number of methoxy groups -OCH3 is 1. The fourth-order valence-electron chi connectivity index (χ4n) is 3.13. The molecule has 1 aromatic carbocycles. The molecule has 1 aliphatic rings. The number of likely N-dealkylation sites (tertiary alicyclic amines) is 1. The lowest BCUT2D eigenvalue weighted by Crippen LogP contribution is -2.31. The van der Waals surface area contributed by atoms with Crippen LogP contribution in [0.15, 0.2) is 34.9 Å². The van der Waals surface area contributed by atoms with Crippen LogP contribution in [0.4, 0.5) is 0 Å². The van der Waals surface area contributed by atoms with E-state index >= 15 is 0 Å². The van der Waals surface area contributed by atoms with Crippen molar-refractivity contribution >= 4 is 5.91 Å². The Hall–Kier alpha value is -2.30. The molecule has 0 radical (unpaired) electrons. The van der Waals surface area contributed by atoms with Crippen LogP contribution >= 0.6 is 0 Å². The first-order valence-electron chi connectivity index (χ1n) is 8.09. The molecule has 0 spiro atoms. The molecule has 1 saturated heterocycles. The summed E-state index contributed by atoms with van der Waals surface area (Å²) in [5.74, 6) is 1.66. The molecule has 3 rings (SSSR count). The van der Waals surface area contributed by atoms with Crippen molar-refractivity contribution in [3.8, 4) is 5.75 Å². The minimum absolute atomic E-state index is 0.00464. The van der Waals surface area contributed by atoms with Crippen LogP contribution in [0, 0.1) is 0 Å². The molecule has 1 amide bonds. The number of aryl methyl sites for hydroxylation is 1. The summed E-state index contributed by atoms with van der Waals surface area (Å²) < 4.78 is 10.8. The van der Waals surface area contributed by atoms with Gasteiger partial charge in [-0.1, -0.05) is 30.3 Å². The Bertz CT molecular complexity index is 680. The molecule has 0 aliphatic carbocycles. The zero-order valence-corrected chi connectivity index (χ0v) is 13.6. The molecule has 1 unspecified atom stereocenters. The quantitative estimate of drug-likeness (QED) is 0.850. The highest BCUT2D eigenvalue weighted by atomic mass is 16.5. The van der Waals surface area contributed by atoms with E-state index in [2.05, 4.69) is 5.16 Å². The molecular weight excluding hydrogens is 292 g/mol. The van der Waals surface area contributed by atoms with Crippen LogP contribution in [0.1, 0.15) is 42.8 Å². The standard InChI is InChI=1S/C18H22N2O3/c1-3-14-12-17(23-19-14)15-8-6-10-20(15)18(21)11-13-7-4-5-9-16(13)22-2/h4-5,7,9,12,15H,3,6,8,10-11H2,1-2H3. The monoisotopic (exact) mass is 314 g/mol. The minimum atomic E-state index is 0.00464. The second-order valence-corrected chi connectivity index (χ2v) is 5.81. The molecule has 2 heterocycles. The average molecular weight is 314 g/mol. The van der Waals surface area contributed by atoms with E-state index in [0.717, 1.165) is 48.6 Å². The molecule has 1 aliphatic heterocycles. The Labute approximate surface area is 136 Å². The molecule has 0 bridgehead atoms. The van der Waals surface area contributed by atoms with E-state index in [1.54, 1.807) is 7.11 Å². The maximum absolute atomic E-state index is 12.8. The fourth-order valence-corrected chi connectivity index (χ4v) is 3.13. The Balaban J connectivity index is 1.75. The number of benzene rings is 1. The predicted molar refractivity (Wildman–Crippen MR) is 86.3 cm³/mol. The third-order valence-corrected chi connectivity index (χ3v) is 4.38. The van der Waals surface area contributed by atoms with Gasteiger partial charge in [-0.25, -0.2) is 0 Å². The van der Waals surface area contributed by atoms with Crippen molar-refractivity contribution in [3.63, 3.8) is 0 Å². The van der Waals surface area contributed by atoms with Gasteiger partial charge in [0, 0.05) is 18.2 Å². The summed E-state index contributed by atoms with van der Waals surface area (Å²) in [5.41, 5.74) is 1.85. The summed E-state index contributed by atoms with van der Waals surface area (Å²) >= 11 is 0. The van der Waals surface area contributed by atoms with Crippen molar-refractivity contribution in [1.82, 2.24) is 10.1 Å². The van der Waals surface area contributed by atoms with Crippen LogP contribution in [0.3, 0.4) is 0 Å². The van der Waals surface area contributed by atoms with Gasteiger partial charge in [0.1, 0.15) is 5.75 Å². The van der Waals surface area contributed by atoms with Crippen molar-refractivity contribution < 1.29 is 14.1 Å². The molecule has 0 saturated carbocycles. The SMILES string of the molecule is CCc1cc(C2CCCN2C(=O)Cc2ccccc2OC)on1. The average Bonchev–Trinajstić information content (AvgIpc) is 3.23. The second kappa shape index (κ2) is 6.86. The largest absolute Gasteiger partial charge is 0.496 e. The second-order valence-electron chi connectivity index (χ2n) is 5.81. The maximum Gasteiger partial charge on any atom is 0.227 e. The van der Waals surface area contributed by atoms with Gasteiger partial charge in [-0.3, -0.25) is 4.79 Å².